The largest absolute Gasteiger partial charge is 0.316 e. The molecule has 27 heavy (non-hydrogen) atoms. The lowest BCUT2D eigenvalue weighted by atomic mass is 10.00. The Hall–Kier alpha value is -2.66. The summed E-state index contributed by atoms with van der Waals surface area (Å²) in [5.41, 5.74) is 5.90. The van der Waals surface area contributed by atoms with Crippen LogP contribution in [0.2, 0.25) is 0 Å². The number of allylic oxidation sites excluding steroid dienone is 1. The van der Waals surface area contributed by atoms with Gasteiger partial charge in [-0.3, -0.25) is 4.79 Å². The summed E-state index contributed by atoms with van der Waals surface area (Å²) in [6, 6.07) is 9.22. The number of hydrogen-bond acceptors (Lipinski definition) is 4. The van der Waals surface area contributed by atoms with Gasteiger partial charge in [-0.2, -0.15) is 0 Å². The summed E-state index contributed by atoms with van der Waals surface area (Å²) < 4.78 is 27.3. The monoisotopic (exact) mass is 379 g/mol. The molecule has 0 amide bonds. The topological polar surface area (TPSA) is 54.5 Å². The van der Waals surface area contributed by atoms with E-state index in [9.17, 15) is 13.2 Å². The van der Waals surface area contributed by atoms with Crippen LogP contribution in [-0.4, -0.2) is 19.6 Å². The number of hydrogen-bond donors (Lipinski definition) is 0. The van der Waals surface area contributed by atoms with Crippen LogP contribution >= 0.6 is 0 Å². The van der Waals surface area contributed by atoms with Crippen molar-refractivity contribution in [2.24, 2.45) is 0 Å². The van der Waals surface area contributed by atoms with Gasteiger partial charge in [0.25, 0.3) is 0 Å². The number of aryl methyl sites for hydroxylation is 1. The number of ketones is 1. The van der Waals surface area contributed by atoms with E-state index in [1.807, 2.05) is 58.0 Å². The lowest BCUT2D eigenvalue weighted by Gasteiger charge is -2.31. The molecule has 4 nitrogen and oxygen atoms in total. The van der Waals surface area contributed by atoms with Crippen LogP contribution in [0.3, 0.4) is 0 Å². The molecule has 0 radical (unpaired) electrons. The fraction of sp³-hybridized carbons (Fsp3) is 0.227. The van der Waals surface area contributed by atoms with Crippen LogP contribution in [0, 0.1) is 27.7 Å². The molecule has 138 valence electrons. The smallest absolute Gasteiger partial charge is 0.207 e. The number of para-hydroxylation sites is 1. The van der Waals surface area contributed by atoms with E-state index >= 15 is 0 Å². The third-order valence-electron chi connectivity index (χ3n) is 5.71. The Labute approximate surface area is 159 Å². The van der Waals surface area contributed by atoms with Gasteiger partial charge in [-0.25, -0.2) is 8.42 Å². The molecule has 1 atom stereocenters. The number of carbonyl (C=O) groups is 1. The Kier molecular flexibility index (Phi) is 3.89. The lowest BCUT2D eigenvalue weighted by Crippen LogP contribution is -2.42. The fourth-order valence-electron chi connectivity index (χ4n) is 3.85. The van der Waals surface area contributed by atoms with E-state index < -0.39 is 21.0 Å². The second kappa shape index (κ2) is 5.92. The summed E-state index contributed by atoms with van der Waals surface area (Å²) in [4.78, 5) is 14.7. The summed E-state index contributed by atoms with van der Waals surface area (Å²) in [6.07, 6.45) is 5.14. The summed E-state index contributed by atoms with van der Waals surface area (Å²) in [5, 5.41) is -1.26. The first-order valence-electron chi connectivity index (χ1n) is 8.86. The maximum Gasteiger partial charge on any atom is 0.207 e. The molecule has 1 unspecified atom stereocenters. The van der Waals surface area contributed by atoms with Crippen molar-refractivity contribution in [3.8, 4) is 0 Å². The van der Waals surface area contributed by atoms with E-state index in [1.165, 1.54) is 6.08 Å². The van der Waals surface area contributed by atoms with Gasteiger partial charge in [0.1, 0.15) is 0 Å². The first-order chi connectivity index (χ1) is 12.7. The molecule has 0 spiro atoms. The average molecular weight is 379 g/mol. The first kappa shape index (κ1) is 17.7. The van der Waals surface area contributed by atoms with Crippen molar-refractivity contribution < 1.29 is 13.2 Å². The van der Waals surface area contributed by atoms with Gasteiger partial charge < -0.3 is 4.90 Å². The van der Waals surface area contributed by atoms with Crippen LogP contribution < -0.4 is 4.90 Å². The molecule has 2 heterocycles. The highest BCUT2D eigenvalue weighted by Crippen LogP contribution is 2.40. The summed E-state index contributed by atoms with van der Waals surface area (Å²) in [6.45, 7) is 7.63. The number of nitrogens with zero attached hydrogens (tertiary/aromatic N) is 1. The van der Waals surface area contributed by atoms with Crippen LogP contribution in [-0.2, 0) is 14.6 Å². The predicted octanol–water partition coefficient (Wildman–Crippen LogP) is 4.02. The first-order valence-corrected chi connectivity index (χ1v) is 10.4. The molecule has 0 aromatic heterocycles. The third kappa shape index (κ3) is 2.49. The highest BCUT2D eigenvalue weighted by atomic mass is 32.2. The van der Waals surface area contributed by atoms with Crippen molar-refractivity contribution in [3.05, 3.63) is 76.0 Å². The van der Waals surface area contributed by atoms with Crippen molar-refractivity contribution in [1.82, 2.24) is 0 Å². The van der Waals surface area contributed by atoms with Crippen LogP contribution in [0.4, 0.5) is 5.69 Å². The molecule has 0 aliphatic carbocycles. The van der Waals surface area contributed by atoms with Crippen molar-refractivity contribution in [3.63, 3.8) is 0 Å². The van der Waals surface area contributed by atoms with Gasteiger partial charge in [0, 0.05) is 11.8 Å². The van der Waals surface area contributed by atoms with E-state index in [4.69, 9.17) is 0 Å². The molecule has 0 bridgehead atoms. The number of benzene rings is 2. The zero-order valence-corrected chi connectivity index (χ0v) is 16.6. The van der Waals surface area contributed by atoms with Gasteiger partial charge in [0.05, 0.1) is 10.6 Å². The minimum atomic E-state index is -3.90. The standard InChI is InChI=1S/C22H21NO3S/c1-13-11-21(16(4)15(3)14(13)2)27(25,26)22-20(24)12-18-10-9-17-7-5-6-8-19(17)23(18)22/h5-12,22H,1-4H3. The molecular weight excluding hydrogens is 358 g/mol. The molecule has 0 N–H and O–H groups in total. The lowest BCUT2D eigenvalue weighted by molar-refractivity contribution is -0.113. The van der Waals surface area contributed by atoms with E-state index in [0.717, 1.165) is 27.9 Å². The van der Waals surface area contributed by atoms with E-state index in [1.54, 1.807) is 17.0 Å². The number of carbonyl (C=O) groups excluding carboxylic acids is 1. The highest BCUT2D eigenvalue weighted by molar-refractivity contribution is 7.93. The van der Waals surface area contributed by atoms with Gasteiger partial charge in [-0.05, 0) is 73.7 Å². The van der Waals surface area contributed by atoms with Crippen LogP contribution in [0.1, 0.15) is 27.8 Å². The molecular formula is C22H21NO3S. The van der Waals surface area contributed by atoms with E-state index in [2.05, 4.69) is 0 Å². The number of anilines is 1. The average Bonchev–Trinajstić information content (AvgIpc) is 3.00. The Morgan fingerprint density at radius 1 is 0.926 bits per heavy atom. The molecule has 4 rings (SSSR count). The van der Waals surface area contributed by atoms with Gasteiger partial charge in [-0.15, -0.1) is 0 Å². The van der Waals surface area contributed by atoms with E-state index in [-0.39, 0.29) is 4.90 Å². The van der Waals surface area contributed by atoms with Gasteiger partial charge in [0.15, 0.2) is 5.78 Å². The molecule has 0 fully saturated rings. The minimum Gasteiger partial charge on any atom is -0.316 e. The Balaban J connectivity index is 1.91. The second-order valence-electron chi connectivity index (χ2n) is 7.20. The zero-order valence-electron chi connectivity index (χ0n) is 15.8. The SMILES string of the molecule is Cc1cc(S(=O)(=O)C2C(=O)C=C3C=Cc4ccccc4N32)c(C)c(C)c1C. The van der Waals surface area contributed by atoms with Crippen molar-refractivity contribution in [2.75, 3.05) is 4.90 Å². The summed E-state index contributed by atoms with van der Waals surface area (Å²) in [7, 11) is -3.90. The summed E-state index contributed by atoms with van der Waals surface area (Å²) in [5.74, 6) is -0.401. The summed E-state index contributed by atoms with van der Waals surface area (Å²) >= 11 is 0. The maximum atomic E-state index is 13.6. The predicted molar refractivity (Wildman–Crippen MR) is 107 cm³/mol. The van der Waals surface area contributed by atoms with Gasteiger partial charge in [-0.1, -0.05) is 24.3 Å². The van der Waals surface area contributed by atoms with E-state index in [0.29, 0.717) is 11.3 Å². The Bertz CT molecular complexity index is 1160. The van der Waals surface area contributed by atoms with Crippen molar-refractivity contribution in [1.29, 1.82) is 0 Å². The number of rotatable bonds is 2. The molecule has 0 saturated carbocycles. The third-order valence-corrected chi connectivity index (χ3v) is 7.78. The quantitative estimate of drug-likeness (QED) is 0.791. The molecule has 2 aliphatic heterocycles. The number of sulfone groups is 1. The fourth-order valence-corrected chi connectivity index (χ4v) is 5.90. The zero-order chi connectivity index (χ0) is 19.5. The molecule has 2 aromatic carbocycles. The molecule has 0 saturated heterocycles. The highest BCUT2D eigenvalue weighted by Gasteiger charge is 2.45. The maximum absolute atomic E-state index is 13.6. The minimum absolute atomic E-state index is 0.239. The second-order valence-corrected chi connectivity index (χ2v) is 9.17. The molecule has 2 aliphatic rings. The normalized spacial score (nSPS) is 18.4. The van der Waals surface area contributed by atoms with Crippen molar-refractivity contribution in [2.45, 2.75) is 38.0 Å². The van der Waals surface area contributed by atoms with Crippen LogP contribution in [0.15, 0.2) is 53.1 Å². The number of fused-ring (bicyclic) bond motifs is 3. The molecule has 2 aromatic rings. The van der Waals surface area contributed by atoms with Crippen LogP contribution in [0.25, 0.3) is 6.08 Å². The van der Waals surface area contributed by atoms with Crippen molar-refractivity contribution >= 4 is 27.4 Å². The van der Waals surface area contributed by atoms with Gasteiger partial charge in [0.2, 0.25) is 15.2 Å². The van der Waals surface area contributed by atoms with Crippen LogP contribution in [0.5, 0.6) is 0 Å². The molecule has 5 heteroatoms. The Morgan fingerprint density at radius 2 is 1.63 bits per heavy atom. The Morgan fingerprint density at radius 3 is 2.37 bits per heavy atom. The van der Waals surface area contributed by atoms with Gasteiger partial charge >= 0.3 is 0 Å².